The number of hydrogen-bond donors (Lipinski definition) is 1. The fourth-order valence-electron chi connectivity index (χ4n) is 2.77. The quantitative estimate of drug-likeness (QED) is 0.918. The minimum atomic E-state index is -0.843. The number of carboxylic acid groups (broad SMARTS) is 1. The number of anilines is 1. The van der Waals surface area contributed by atoms with Gasteiger partial charge in [-0.2, -0.15) is 5.10 Å². The molecule has 1 N–H and O–H groups in total. The van der Waals surface area contributed by atoms with E-state index in [1.165, 1.54) is 0 Å². The highest BCUT2D eigenvalue weighted by molar-refractivity contribution is 5.74. The van der Waals surface area contributed by atoms with Crippen molar-refractivity contribution in [2.75, 3.05) is 11.4 Å². The number of aliphatic carboxylic acids is 1. The first-order valence-corrected chi connectivity index (χ1v) is 6.95. The van der Waals surface area contributed by atoms with Gasteiger partial charge in [-0.1, -0.05) is 18.2 Å². The molecule has 5 nitrogen and oxygen atoms in total. The third kappa shape index (κ3) is 3.07. The molecular formula is C16H21N3O2. The Kier molecular flexibility index (Phi) is 4.31. The Morgan fingerprint density at radius 1 is 1.33 bits per heavy atom. The highest BCUT2D eigenvalue weighted by atomic mass is 16.4. The van der Waals surface area contributed by atoms with E-state index in [1.54, 1.807) is 0 Å². The van der Waals surface area contributed by atoms with Crippen molar-refractivity contribution in [2.45, 2.75) is 26.8 Å². The molecule has 0 saturated carbocycles. The number of carbonyl (C=O) groups is 1. The lowest BCUT2D eigenvalue weighted by Crippen LogP contribution is -2.32. The molecule has 1 heterocycles. The van der Waals surface area contributed by atoms with Gasteiger partial charge in [0.05, 0.1) is 11.7 Å². The SMILES string of the molecule is Cc1nn(C)c(C)c1C(C)N(CC(=O)O)c1ccccc1. The number of aryl methyl sites for hydroxylation is 2. The Bertz CT molecular complexity index is 634. The summed E-state index contributed by atoms with van der Waals surface area (Å²) < 4.78 is 1.84. The summed E-state index contributed by atoms with van der Waals surface area (Å²) in [5.74, 6) is -0.843. The number of nitrogens with zero attached hydrogens (tertiary/aromatic N) is 3. The Labute approximate surface area is 124 Å². The molecule has 21 heavy (non-hydrogen) atoms. The third-order valence-corrected chi connectivity index (χ3v) is 3.84. The molecule has 2 aromatic rings. The molecule has 0 aliphatic rings. The fourth-order valence-corrected chi connectivity index (χ4v) is 2.77. The molecule has 0 amide bonds. The number of carboxylic acids is 1. The molecule has 0 aliphatic heterocycles. The highest BCUT2D eigenvalue weighted by Gasteiger charge is 2.24. The zero-order valence-electron chi connectivity index (χ0n) is 12.9. The maximum atomic E-state index is 11.2. The van der Waals surface area contributed by atoms with Crippen LogP contribution < -0.4 is 4.90 Å². The maximum absolute atomic E-state index is 11.2. The molecule has 1 atom stereocenters. The van der Waals surface area contributed by atoms with E-state index in [9.17, 15) is 9.90 Å². The van der Waals surface area contributed by atoms with Gasteiger partial charge >= 0.3 is 5.97 Å². The van der Waals surface area contributed by atoms with Crippen LogP contribution in [0, 0.1) is 13.8 Å². The predicted octanol–water partition coefficient (Wildman–Crippen LogP) is 2.69. The molecule has 0 radical (unpaired) electrons. The van der Waals surface area contributed by atoms with E-state index in [0.717, 1.165) is 22.6 Å². The summed E-state index contributed by atoms with van der Waals surface area (Å²) in [6.07, 6.45) is 0. The molecule has 2 rings (SSSR count). The molecule has 5 heteroatoms. The number of benzene rings is 1. The van der Waals surface area contributed by atoms with Gasteiger partial charge in [0, 0.05) is 24.0 Å². The van der Waals surface area contributed by atoms with Crippen LogP contribution in [-0.4, -0.2) is 27.4 Å². The highest BCUT2D eigenvalue weighted by Crippen LogP contribution is 2.30. The summed E-state index contributed by atoms with van der Waals surface area (Å²) in [5, 5.41) is 13.7. The van der Waals surface area contributed by atoms with Crippen molar-refractivity contribution in [3.63, 3.8) is 0 Å². The van der Waals surface area contributed by atoms with Gasteiger partial charge in [-0.25, -0.2) is 0 Å². The van der Waals surface area contributed by atoms with Crippen molar-refractivity contribution in [3.05, 3.63) is 47.3 Å². The van der Waals surface area contributed by atoms with Crippen molar-refractivity contribution in [2.24, 2.45) is 7.05 Å². The molecule has 0 aliphatic carbocycles. The predicted molar refractivity (Wildman–Crippen MR) is 82.5 cm³/mol. The van der Waals surface area contributed by atoms with Crippen LogP contribution in [0.4, 0.5) is 5.69 Å². The van der Waals surface area contributed by atoms with Crippen LogP contribution in [0.1, 0.15) is 29.9 Å². The molecule has 0 fully saturated rings. The van der Waals surface area contributed by atoms with E-state index in [0.29, 0.717) is 0 Å². The van der Waals surface area contributed by atoms with Crippen LogP contribution >= 0.6 is 0 Å². The Balaban J connectivity index is 2.43. The Morgan fingerprint density at radius 3 is 2.43 bits per heavy atom. The van der Waals surface area contributed by atoms with Gasteiger partial charge in [-0.15, -0.1) is 0 Å². The van der Waals surface area contributed by atoms with Crippen LogP contribution in [0.3, 0.4) is 0 Å². The van der Waals surface area contributed by atoms with Gasteiger partial charge in [0.1, 0.15) is 6.54 Å². The zero-order chi connectivity index (χ0) is 15.6. The van der Waals surface area contributed by atoms with Gasteiger partial charge in [-0.05, 0) is 32.9 Å². The monoisotopic (exact) mass is 287 g/mol. The zero-order valence-corrected chi connectivity index (χ0v) is 12.9. The van der Waals surface area contributed by atoms with Gasteiger partial charge in [0.2, 0.25) is 0 Å². The van der Waals surface area contributed by atoms with Gasteiger partial charge in [-0.3, -0.25) is 9.48 Å². The van der Waals surface area contributed by atoms with Gasteiger partial charge < -0.3 is 10.0 Å². The Hall–Kier alpha value is -2.30. The van der Waals surface area contributed by atoms with Crippen molar-refractivity contribution in [1.82, 2.24) is 9.78 Å². The smallest absolute Gasteiger partial charge is 0.323 e. The first kappa shape index (κ1) is 15.1. The maximum Gasteiger partial charge on any atom is 0.323 e. The number of hydrogen-bond acceptors (Lipinski definition) is 3. The van der Waals surface area contributed by atoms with Crippen LogP contribution in [0.15, 0.2) is 30.3 Å². The van der Waals surface area contributed by atoms with E-state index in [-0.39, 0.29) is 12.6 Å². The molecule has 1 aromatic heterocycles. The summed E-state index contributed by atoms with van der Waals surface area (Å²) in [4.78, 5) is 13.1. The summed E-state index contributed by atoms with van der Waals surface area (Å²) >= 11 is 0. The number of para-hydroxylation sites is 1. The van der Waals surface area contributed by atoms with E-state index < -0.39 is 5.97 Å². The lowest BCUT2D eigenvalue weighted by molar-refractivity contribution is -0.135. The molecule has 0 saturated heterocycles. The second-order valence-electron chi connectivity index (χ2n) is 5.24. The average Bonchev–Trinajstić information content (AvgIpc) is 2.70. The van der Waals surface area contributed by atoms with E-state index in [1.807, 2.05) is 67.7 Å². The Morgan fingerprint density at radius 2 is 1.95 bits per heavy atom. The van der Waals surface area contributed by atoms with Crippen LogP contribution in [-0.2, 0) is 11.8 Å². The standard InChI is InChI=1S/C16H21N3O2/c1-11-16(12(2)18(4)17-11)13(3)19(10-15(20)21)14-8-6-5-7-9-14/h5-9,13H,10H2,1-4H3,(H,20,21). The third-order valence-electron chi connectivity index (χ3n) is 3.84. The molecule has 1 unspecified atom stereocenters. The van der Waals surface area contributed by atoms with Crippen molar-refractivity contribution >= 4 is 11.7 Å². The molecule has 0 bridgehead atoms. The van der Waals surface area contributed by atoms with Crippen LogP contribution in [0.5, 0.6) is 0 Å². The van der Waals surface area contributed by atoms with Gasteiger partial charge in [0.25, 0.3) is 0 Å². The summed E-state index contributed by atoms with van der Waals surface area (Å²) in [5.41, 5.74) is 3.98. The minimum absolute atomic E-state index is 0.0427. The van der Waals surface area contributed by atoms with Crippen molar-refractivity contribution in [3.8, 4) is 0 Å². The topological polar surface area (TPSA) is 58.4 Å². The van der Waals surface area contributed by atoms with Gasteiger partial charge in [0.15, 0.2) is 0 Å². The molecular weight excluding hydrogens is 266 g/mol. The lowest BCUT2D eigenvalue weighted by atomic mass is 10.0. The summed E-state index contributed by atoms with van der Waals surface area (Å²) in [6.45, 7) is 5.95. The van der Waals surface area contributed by atoms with Crippen LogP contribution in [0.2, 0.25) is 0 Å². The van der Waals surface area contributed by atoms with Crippen LogP contribution in [0.25, 0.3) is 0 Å². The van der Waals surface area contributed by atoms with E-state index in [2.05, 4.69) is 5.10 Å². The minimum Gasteiger partial charge on any atom is -0.480 e. The normalized spacial score (nSPS) is 12.2. The van der Waals surface area contributed by atoms with Crippen molar-refractivity contribution in [1.29, 1.82) is 0 Å². The largest absolute Gasteiger partial charge is 0.480 e. The molecule has 112 valence electrons. The van der Waals surface area contributed by atoms with E-state index in [4.69, 9.17) is 0 Å². The average molecular weight is 287 g/mol. The number of aromatic nitrogens is 2. The number of rotatable bonds is 5. The summed E-state index contributed by atoms with van der Waals surface area (Å²) in [7, 11) is 1.91. The second-order valence-corrected chi connectivity index (χ2v) is 5.24. The second kappa shape index (κ2) is 5.99. The first-order chi connectivity index (χ1) is 9.91. The first-order valence-electron chi connectivity index (χ1n) is 6.95. The lowest BCUT2D eigenvalue weighted by Gasteiger charge is -2.30. The molecule has 1 aromatic carbocycles. The fraction of sp³-hybridized carbons (Fsp3) is 0.375. The molecule has 0 spiro atoms. The summed E-state index contributed by atoms with van der Waals surface area (Å²) in [6, 6.07) is 9.56. The van der Waals surface area contributed by atoms with Crippen molar-refractivity contribution < 1.29 is 9.90 Å². The van der Waals surface area contributed by atoms with E-state index >= 15 is 0 Å².